The number of ketones is 1. The van der Waals surface area contributed by atoms with Crippen molar-refractivity contribution in [3.05, 3.63) is 83.2 Å². The summed E-state index contributed by atoms with van der Waals surface area (Å²) in [4.78, 5) is 33.0. The molecule has 1 aliphatic heterocycles. The molecule has 1 amide bonds. The largest absolute Gasteiger partial charge is 0.507 e. The Kier molecular flexibility index (Phi) is 7.94. The van der Waals surface area contributed by atoms with Crippen LogP contribution in [0.4, 0.5) is 9.52 Å². The number of rotatable bonds is 9. The predicted octanol–water partition coefficient (Wildman–Crippen LogP) is 6.50. The Hall–Kier alpha value is -4.44. The zero-order valence-corrected chi connectivity index (χ0v) is 23.8. The van der Waals surface area contributed by atoms with Gasteiger partial charge in [-0.15, -0.1) is 0 Å². The standard InChI is InChI=1S/C31H29FN2O6S/c1-17(2)13-14-40-23-12-7-19(15-24(23)39-4)27-26(28(35)18-5-8-20(32)9-6-18)29(36)30(37)34(27)31-33-22-11-10-21(38-3)16-25(22)41-31/h5-12,15-17,27,35H,13-14H2,1-4H3. The molecule has 0 bridgehead atoms. The van der Waals surface area contributed by atoms with E-state index in [1.807, 2.05) is 0 Å². The van der Waals surface area contributed by atoms with E-state index < -0.39 is 29.3 Å². The van der Waals surface area contributed by atoms with Crippen molar-refractivity contribution in [1.82, 2.24) is 4.98 Å². The van der Waals surface area contributed by atoms with E-state index in [2.05, 4.69) is 18.8 Å². The summed E-state index contributed by atoms with van der Waals surface area (Å²) in [5.41, 5.74) is 1.17. The highest BCUT2D eigenvalue weighted by Gasteiger charge is 2.48. The van der Waals surface area contributed by atoms with Crippen molar-refractivity contribution in [3.63, 3.8) is 0 Å². The van der Waals surface area contributed by atoms with Gasteiger partial charge in [-0.25, -0.2) is 9.37 Å². The first-order valence-electron chi connectivity index (χ1n) is 13.0. The lowest BCUT2D eigenvalue weighted by Gasteiger charge is -2.24. The first-order chi connectivity index (χ1) is 19.7. The van der Waals surface area contributed by atoms with E-state index in [1.165, 1.54) is 47.6 Å². The van der Waals surface area contributed by atoms with Gasteiger partial charge in [-0.05, 0) is 72.5 Å². The van der Waals surface area contributed by atoms with E-state index in [1.54, 1.807) is 43.5 Å². The van der Waals surface area contributed by atoms with Crippen LogP contribution in [0.25, 0.3) is 16.0 Å². The van der Waals surface area contributed by atoms with Crippen LogP contribution < -0.4 is 19.1 Å². The number of carbonyl (C=O) groups excluding carboxylic acids is 2. The third kappa shape index (κ3) is 5.47. The molecule has 5 rings (SSSR count). The molecule has 1 aliphatic rings. The third-order valence-corrected chi connectivity index (χ3v) is 7.83. The second-order valence-corrected chi connectivity index (χ2v) is 11.0. The normalized spacial score (nSPS) is 16.5. The average molecular weight is 577 g/mol. The smallest absolute Gasteiger partial charge is 0.301 e. The number of nitrogens with zero attached hydrogens (tertiary/aromatic N) is 2. The number of carbonyl (C=O) groups is 2. The number of methoxy groups -OCH3 is 2. The van der Waals surface area contributed by atoms with Gasteiger partial charge in [-0.3, -0.25) is 14.5 Å². The summed E-state index contributed by atoms with van der Waals surface area (Å²) in [5, 5.41) is 11.6. The predicted molar refractivity (Wildman–Crippen MR) is 155 cm³/mol. The molecule has 1 atom stereocenters. The highest BCUT2D eigenvalue weighted by molar-refractivity contribution is 7.22. The number of hydrogen-bond donors (Lipinski definition) is 1. The second kappa shape index (κ2) is 11.6. The molecule has 1 N–H and O–H groups in total. The maximum Gasteiger partial charge on any atom is 0.301 e. The molecule has 10 heteroatoms. The minimum Gasteiger partial charge on any atom is -0.507 e. The van der Waals surface area contributed by atoms with E-state index >= 15 is 0 Å². The maximum atomic E-state index is 13.6. The molecule has 0 saturated carbocycles. The zero-order valence-electron chi connectivity index (χ0n) is 23.0. The molecular formula is C31H29FN2O6S. The van der Waals surface area contributed by atoms with Gasteiger partial charge in [-0.2, -0.15) is 0 Å². The number of aliphatic hydroxyl groups excluding tert-OH is 1. The Bertz CT molecular complexity index is 1650. The lowest BCUT2D eigenvalue weighted by atomic mass is 9.95. The minimum atomic E-state index is -1.04. The highest BCUT2D eigenvalue weighted by atomic mass is 32.1. The Morgan fingerprint density at radius 3 is 2.46 bits per heavy atom. The summed E-state index contributed by atoms with van der Waals surface area (Å²) in [5.74, 6) is -0.644. The van der Waals surface area contributed by atoms with Crippen molar-refractivity contribution < 1.29 is 33.3 Å². The van der Waals surface area contributed by atoms with Crippen LogP contribution in [0.15, 0.2) is 66.2 Å². The fraction of sp³-hybridized carbons (Fsp3) is 0.258. The first kappa shape index (κ1) is 28.1. The van der Waals surface area contributed by atoms with Crippen molar-refractivity contribution in [1.29, 1.82) is 0 Å². The number of ether oxygens (including phenoxy) is 3. The monoisotopic (exact) mass is 576 g/mol. The summed E-state index contributed by atoms with van der Waals surface area (Å²) in [6, 6.07) is 14.5. The minimum absolute atomic E-state index is 0.144. The van der Waals surface area contributed by atoms with E-state index in [0.29, 0.717) is 40.9 Å². The number of Topliss-reactive ketones (excluding diaryl/α,β-unsaturated/α-hetero) is 1. The molecule has 1 aromatic heterocycles. The highest BCUT2D eigenvalue weighted by Crippen LogP contribution is 2.46. The van der Waals surface area contributed by atoms with E-state index in [0.717, 1.165) is 11.1 Å². The van der Waals surface area contributed by atoms with Gasteiger partial charge >= 0.3 is 5.91 Å². The van der Waals surface area contributed by atoms with Gasteiger partial charge in [0.2, 0.25) is 0 Å². The van der Waals surface area contributed by atoms with Gasteiger partial charge < -0.3 is 19.3 Å². The van der Waals surface area contributed by atoms with Crippen LogP contribution in [-0.2, 0) is 9.59 Å². The van der Waals surface area contributed by atoms with E-state index in [9.17, 15) is 19.1 Å². The fourth-order valence-electron chi connectivity index (χ4n) is 4.61. The lowest BCUT2D eigenvalue weighted by molar-refractivity contribution is -0.132. The fourth-order valence-corrected chi connectivity index (χ4v) is 5.63. The summed E-state index contributed by atoms with van der Waals surface area (Å²) in [6.45, 7) is 4.70. The third-order valence-electron chi connectivity index (χ3n) is 6.81. The van der Waals surface area contributed by atoms with Gasteiger partial charge in [0, 0.05) is 5.56 Å². The van der Waals surface area contributed by atoms with Gasteiger partial charge in [0.25, 0.3) is 5.78 Å². The van der Waals surface area contributed by atoms with Gasteiger partial charge in [0.15, 0.2) is 16.6 Å². The Morgan fingerprint density at radius 2 is 1.78 bits per heavy atom. The summed E-state index contributed by atoms with van der Waals surface area (Å²) >= 11 is 1.22. The van der Waals surface area contributed by atoms with Crippen LogP contribution in [0.5, 0.6) is 17.2 Å². The number of fused-ring (bicyclic) bond motifs is 1. The Balaban J connectivity index is 1.66. The van der Waals surface area contributed by atoms with Crippen LogP contribution >= 0.6 is 11.3 Å². The summed E-state index contributed by atoms with van der Waals surface area (Å²) in [6.07, 6.45) is 0.852. The van der Waals surface area contributed by atoms with Crippen LogP contribution in [0.3, 0.4) is 0 Å². The van der Waals surface area contributed by atoms with Gasteiger partial charge in [0.05, 0.1) is 42.7 Å². The number of hydrogen-bond acceptors (Lipinski definition) is 8. The second-order valence-electron chi connectivity index (χ2n) is 9.95. The molecule has 212 valence electrons. The van der Waals surface area contributed by atoms with Crippen molar-refractivity contribution in [2.75, 3.05) is 25.7 Å². The van der Waals surface area contributed by atoms with Crippen molar-refractivity contribution in [3.8, 4) is 17.2 Å². The molecule has 2 heterocycles. The van der Waals surface area contributed by atoms with Crippen molar-refractivity contribution in [2.45, 2.75) is 26.3 Å². The molecular weight excluding hydrogens is 547 g/mol. The SMILES string of the molecule is COc1ccc2nc(N3C(=O)C(=O)C(=C(O)c4ccc(F)cc4)C3c3ccc(OCCC(C)C)c(OC)c3)sc2c1. The number of thiazole rings is 1. The van der Waals surface area contributed by atoms with Crippen molar-refractivity contribution in [2.24, 2.45) is 5.92 Å². The number of amides is 1. The first-order valence-corrected chi connectivity index (χ1v) is 13.9. The van der Waals surface area contributed by atoms with Gasteiger partial charge in [-0.1, -0.05) is 31.3 Å². The quantitative estimate of drug-likeness (QED) is 0.138. The number of aromatic nitrogens is 1. The van der Waals surface area contributed by atoms with Crippen LogP contribution in [-0.4, -0.2) is 42.6 Å². The number of benzene rings is 3. The molecule has 3 aromatic carbocycles. The van der Waals surface area contributed by atoms with E-state index in [4.69, 9.17) is 14.2 Å². The average Bonchev–Trinajstić information content (AvgIpc) is 3.50. The van der Waals surface area contributed by atoms with Crippen LogP contribution in [0, 0.1) is 11.7 Å². The Morgan fingerprint density at radius 1 is 1.02 bits per heavy atom. The molecule has 41 heavy (non-hydrogen) atoms. The molecule has 1 fully saturated rings. The molecule has 4 aromatic rings. The Labute approximate surface area is 240 Å². The van der Waals surface area contributed by atoms with Crippen LogP contribution in [0.1, 0.15) is 37.4 Å². The van der Waals surface area contributed by atoms with Crippen LogP contribution in [0.2, 0.25) is 0 Å². The molecule has 1 saturated heterocycles. The van der Waals surface area contributed by atoms with Gasteiger partial charge in [0.1, 0.15) is 17.3 Å². The lowest BCUT2D eigenvalue weighted by Crippen LogP contribution is -2.29. The molecule has 0 aliphatic carbocycles. The molecule has 1 unspecified atom stereocenters. The molecule has 0 radical (unpaired) electrons. The summed E-state index contributed by atoms with van der Waals surface area (Å²) in [7, 11) is 3.06. The number of halogens is 1. The van der Waals surface area contributed by atoms with E-state index in [-0.39, 0.29) is 16.3 Å². The maximum absolute atomic E-state index is 13.6. The molecule has 0 spiro atoms. The van der Waals surface area contributed by atoms with Crippen molar-refractivity contribution >= 4 is 44.1 Å². The number of anilines is 1. The summed E-state index contributed by atoms with van der Waals surface area (Å²) < 4.78 is 31.2. The number of aliphatic hydroxyl groups is 1. The zero-order chi connectivity index (χ0) is 29.3. The topological polar surface area (TPSA) is 98.2 Å². The molecule has 8 nitrogen and oxygen atoms in total.